The van der Waals surface area contributed by atoms with Crippen LogP contribution < -0.4 is 0 Å². The number of alkyl halides is 5. The number of hydrogen-bond donors (Lipinski definition) is 0. The van der Waals surface area contributed by atoms with E-state index in [1.165, 1.54) is 6.92 Å². The minimum Gasteiger partial charge on any atom is -0.459 e. The second-order valence-electron chi connectivity index (χ2n) is 4.45. The summed E-state index contributed by atoms with van der Waals surface area (Å²) in [5, 5.41) is 0. The zero-order valence-corrected chi connectivity index (χ0v) is 9.74. The summed E-state index contributed by atoms with van der Waals surface area (Å²) in [5.41, 5.74) is -3.66. The molecule has 1 unspecified atom stereocenters. The number of esters is 1. The first-order valence-electron chi connectivity index (χ1n) is 5.31. The van der Waals surface area contributed by atoms with Gasteiger partial charge in [0.05, 0.1) is 0 Å². The number of rotatable bonds is 3. The maximum Gasteiger partial charge on any atom is 0.346 e. The first-order valence-corrected chi connectivity index (χ1v) is 5.31. The van der Waals surface area contributed by atoms with Crippen molar-refractivity contribution in [2.75, 3.05) is 6.61 Å². The van der Waals surface area contributed by atoms with Crippen molar-refractivity contribution in [2.24, 2.45) is 0 Å². The van der Waals surface area contributed by atoms with Gasteiger partial charge in [0.25, 0.3) is 0 Å². The van der Waals surface area contributed by atoms with Crippen LogP contribution in [0.25, 0.3) is 0 Å². The van der Waals surface area contributed by atoms with Gasteiger partial charge in [0.1, 0.15) is 6.61 Å². The summed E-state index contributed by atoms with van der Waals surface area (Å²) in [5.74, 6) is -10.4. The minimum absolute atomic E-state index is 0.121. The van der Waals surface area contributed by atoms with E-state index in [0.29, 0.717) is 0 Å². The van der Waals surface area contributed by atoms with Crippen molar-refractivity contribution in [2.45, 2.75) is 43.7 Å². The molecule has 0 saturated heterocycles. The molecule has 1 rings (SSSR count). The highest BCUT2D eigenvalue weighted by Crippen LogP contribution is 2.53. The lowest BCUT2D eigenvalue weighted by Crippen LogP contribution is -2.61. The highest BCUT2D eigenvalue weighted by molar-refractivity contribution is 5.86. The van der Waals surface area contributed by atoms with Crippen molar-refractivity contribution in [3.63, 3.8) is 0 Å². The van der Waals surface area contributed by atoms with Crippen molar-refractivity contribution in [1.82, 2.24) is 0 Å². The van der Waals surface area contributed by atoms with Crippen LogP contribution in [0.1, 0.15) is 26.2 Å². The summed E-state index contributed by atoms with van der Waals surface area (Å²) >= 11 is 0. The van der Waals surface area contributed by atoms with Crippen molar-refractivity contribution < 1.29 is 31.5 Å². The van der Waals surface area contributed by atoms with Gasteiger partial charge in [0.2, 0.25) is 5.67 Å². The van der Waals surface area contributed by atoms with Gasteiger partial charge < -0.3 is 4.74 Å². The molecule has 0 spiro atoms. The molecule has 1 aliphatic rings. The Kier molecular flexibility index (Phi) is 3.74. The van der Waals surface area contributed by atoms with Crippen LogP contribution in [0.5, 0.6) is 0 Å². The Morgan fingerprint density at radius 2 is 1.78 bits per heavy atom. The van der Waals surface area contributed by atoms with Gasteiger partial charge in [-0.05, 0) is 19.8 Å². The van der Waals surface area contributed by atoms with E-state index in [0.717, 1.165) is 0 Å². The van der Waals surface area contributed by atoms with E-state index >= 15 is 0 Å². The Morgan fingerprint density at radius 1 is 1.22 bits per heavy atom. The molecule has 1 saturated carbocycles. The number of carbonyl (C=O) groups is 1. The zero-order chi connectivity index (χ0) is 14.2. The van der Waals surface area contributed by atoms with Gasteiger partial charge in [-0.15, -0.1) is 0 Å². The molecule has 7 heteroatoms. The summed E-state index contributed by atoms with van der Waals surface area (Å²) in [6.45, 7) is 3.01. The average Bonchev–Trinajstić information content (AvgIpc) is 2.23. The molecule has 0 aromatic rings. The molecular formula is C11H13F5O2. The third-order valence-electron chi connectivity index (χ3n) is 2.87. The van der Waals surface area contributed by atoms with Gasteiger partial charge in [-0.2, -0.15) is 17.6 Å². The summed E-state index contributed by atoms with van der Waals surface area (Å²) in [7, 11) is 0. The van der Waals surface area contributed by atoms with Crippen LogP contribution in [-0.2, 0) is 9.53 Å². The molecule has 0 radical (unpaired) electrons. The van der Waals surface area contributed by atoms with Crippen molar-refractivity contribution >= 4 is 5.97 Å². The first-order chi connectivity index (χ1) is 8.03. The van der Waals surface area contributed by atoms with E-state index in [1.807, 2.05) is 0 Å². The zero-order valence-electron chi connectivity index (χ0n) is 9.74. The molecule has 18 heavy (non-hydrogen) atoms. The standard InChI is InChI=1S/C11H13F5O2/c1-7(2)8(17)18-6-9(12)4-3-5-10(13,14)11(9,15)16/h1,3-6H2,2H3. The van der Waals surface area contributed by atoms with E-state index in [1.54, 1.807) is 0 Å². The normalized spacial score (nSPS) is 29.7. The fraction of sp³-hybridized carbons (Fsp3) is 0.727. The predicted molar refractivity (Wildman–Crippen MR) is 53.4 cm³/mol. The van der Waals surface area contributed by atoms with E-state index in [2.05, 4.69) is 11.3 Å². The van der Waals surface area contributed by atoms with Crippen LogP contribution in [0.4, 0.5) is 22.0 Å². The van der Waals surface area contributed by atoms with Crippen LogP contribution in [0.2, 0.25) is 0 Å². The average molecular weight is 272 g/mol. The summed E-state index contributed by atoms with van der Waals surface area (Å²) in [4.78, 5) is 11.0. The molecule has 0 bridgehead atoms. The second kappa shape index (κ2) is 4.51. The topological polar surface area (TPSA) is 26.3 Å². The van der Waals surface area contributed by atoms with Crippen molar-refractivity contribution in [1.29, 1.82) is 0 Å². The quantitative estimate of drug-likeness (QED) is 0.448. The van der Waals surface area contributed by atoms with Crippen LogP contribution in [-0.4, -0.2) is 30.1 Å². The predicted octanol–water partition coefficient (Wildman–Crippen LogP) is 3.27. The SMILES string of the molecule is C=C(C)C(=O)OCC1(F)CCCC(F)(F)C1(F)F. The molecule has 0 amide bonds. The van der Waals surface area contributed by atoms with Gasteiger partial charge in [-0.3, -0.25) is 0 Å². The fourth-order valence-corrected chi connectivity index (χ4v) is 1.70. The Hall–Kier alpha value is -1.14. The molecular weight excluding hydrogens is 259 g/mol. The Balaban J connectivity index is 2.84. The maximum absolute atomic E-state index is 13.9. The third kappa shape index (κ3) is 2.35. The van der Waals surface area contributed by atoms with Crippen LogP contribution >= 0.6 is 0 Å². The Morgan fingerprint density at radius 3 is 2.28 bits per heavy atom. The number of carbonyl (C=O) groups excluding carboxylic acids is 1. The lowest BCUT2D eigenvalue weighted by atomic mass is 9.80. The molecule has 1 aliphatic carbocycles. The minimum atomic E-state index is -4.85. The lowest BCUT2D eigenvalue weighted by molar-refractivity contribution is -0.299. The molecule has 104 valence electrons. The third-order valence-corrected chi connectivity index (χ3v) is 2.87. The van der Waals surface area contributed by atoms with Gasteiger partial charge >= 0.3 is 17.8 Å². The molecule has 0 aromatic heterocycles. The molecule has 0 aromatic carbocycles. The highest BCUT2D eigenvalue weighted by Gasteiger charge is 2.71. The van der Waals surface area contributed by atoms with Crippen LogP contribution in [0.3, 0.4) is 0 Å². The van der Waals surface area contributed by atoms with Gasteiger partial charge in [0.15, 0.2) is 0 Å². The van der Waals surface area contributed by atoms with E-state index in [9.17, 15) is 26.7 Å². The summed E-state index contributed by atoms with van der Waals surface area (Å²) in [6.07, 6.45) is -2.26. The lowest BCUT2D eigenvalue weighted by Gasteiger charge is -2.41. The molecule has 2 nitrogen and oxygen atoms in total. The largest absolute Gasteiger partial charge is 0.459 e. The van der Waals surface area contributed by atoms with Gasteiger partial charge in [-0.25, -0.2) is 9.18 Å². The molecule has 0 N–H and O–H groups in total. The van der Waals surface area contributed by atoms with Crippen molar-refractivity contribution in [3.05, 3.63) is 12.2 Å². The molecule has 0 heterocycles. The van der Waals surface area contributed by atoms with Crippen LogP contribution in [0.15, 0.2) is 12.2 Å². The van der Waals surface area contributed by atoms with Crippen LogP contribution in [0, 0.1) is 0 Å². The Bertz CT molecular complexity index is 366. The monoisotopic (exact) mass is 272 g/mol. The molecule has 0 aliphatic heterocycles. The van der Waals surface area contributed by atoms with Crippen molar-refractivity contribution in [3.8, 4) is 0 Å². The smallest absolute Gasteiger partial charge is 0.346 e. The van der Waals surface area contributed by atoms with E-state index < -0.39 is 49.4 Å². The van der Waals surface area contributed by atoms with Gasteiger partial charge in [0, 0.05) is 12.0 Å². The first kappa shape index (κ1) is 14.9. The molecule has 1 atom stereocenters. The highest BCUT2D eigenvalue weighted by atomic mass is 19.3. The summed E-state index contributed by atoms with van der Waals surface area (Å²) in [6, 6.07) is 0. The maximum atomic E-state index is 13.9. The van der Waals surface area contributed by atoms with E-state index in [-0.39, 0.29) is 5.57 Å². The fourth-order valence-electron chi connectivity index (χ4n) is 1.70. The number of ether oxygens (including phenoxy) is 1. The van der Waals surface area contributed by atoms with E-state index in [4.69, 9.17) is 0 Å². The number of hydrogen-bond acceptors (Lipinski definition) is 2. The summed E-state index contributed by atoms with van der Waals surface area (Å²) < 4.78 is 70.9. The second-order valence-corrected chi connectivity index (χ2v) is 4.45. The Labute approximate surface area is 101 Å². The number of halogens is 5. The molecule has 1 fully saturated rings. The van der Waals surface area contributed by atoms with Gasteiger partial charge in [-0.1, -0.05) is 6.58 Å².